The molecule has 0 saturated heterocycles. The quantitative estimate of drug-likeness (QED) is 0.743. The average Bonchev–Trinajstić information content (AvgIpc) is 2.22. The standard InChI is InChI=1S/C11H11BrN2O/c1-7-4-3-5-9-10(7)13-8(2)11(15)14(9)6-12/h3-5H,6H2,1-2H3. The summed E-state index contributed by atoms with van der Waals surface area (Å²) in [6, 6.07) is 5.85. The van der Waals surface area contributed by atoms with Gasteiger partial charge in [0, 0.05) is 0 Å². The van der Waals surface area contributed by atoms with Crippen molar-refractivity contribution in [1.82, 2.24) is 9.55 Å². The van der Waals surface area contributed by atoms with Crippen LogP contribution in [0.3, 0.4) is 0 Å². The first-order valence-corrected chi connectivity index (χ1v) is 5.80. The van der Waals surface area contributed by atoms with Gasteiger partial charge in [-0.05, 0) is 25.5 Å². The van der Waals surface area contributed by atoms with E-state index in [9.17, 15) is 4.79 Å². The van der Waals surface area contributed by atoms with E-state index in [2.05, 4.69) is 20.9 Å². The third-order valence-corrected chi connectivity index (χ3v) is 2.96. The number of nitrogens with zero attached hydrogens (tertiary/aromatic N) is 2. The lowest BCUT2D eigenvalue weighted by Crippen LogP contribution is -2.22. The number of fused-ring (bicyclic) bond motifs is 1. The number of aromatic nitrogens is 2. The van der Waals surface area contributed by atoms with Crippen LogP contribution in [0.4, 0.5) is 0 Å². The van der Waals surface area contributed by atoms with E-state index in [4.69, 9.17) is 0 Å². The van der Waals surface area contributed by atoms with Gasteiger partial charge in [0.1, 0.15) is 5.69 Å². The molecule has 2 aromatic rings. The Labute approximate surface area is 95.9 Å². The van der Waals surface area contributed by atoms with E-state index in [0.717, 1.165) is 16.6 Å². The van der Waals surface area contributed by atoms with Crippen molar-refractivity contribution in [3.63, 3.8) is 0 Å². The van der Waals surface area contributed by atoms with Crippen LogP contribution in [0.15, 0.2) is 23.0 Å². The molecule has 0 spiro atoms. The van der Waals surface area contributed by atoms with E-state index in [1.54, 1.807) is 11.5 Å². The molecule has 0 unspecified atom stereocenters. The summed E-state index contributed by atoms with van der Waals surface area (Å²) in [5, 5.41) is 0. The molecule has 0 amide bonds. The van der Waals surface area contributed by atoms with E-state index < -0.39 is 0 Å². The second kappa shape index (κ2) is 3.77. The maximum Gasteiger partial charge on any atom is 0.273 e. The number of alkyl halides is 1. The molecule has 0 aliphatic carbocycles. The van der Waals surface area contributed by atoms with Crippen LogP contribution in [0.1, 0.15) is 11.3 Å². The summed E-state index contributed by atoms with van der Waals surface area (Å²) < 4.78 is 1.69. The number of rotatable bonds is 1. The summed E-state index contributed by atoms with van der Waals surface area (Å²) in [4.78, 5) is 16.1. The van der Waals surface area contributed by atoms with Crippen LogP contribution in [0.25, 0.3) is 11.0 Å². The predicted octanol–water partition coefficient (Wildman–Crippen LogP) is 2.37. The van der Waals surface area contributed by atoms with Crippen molar-refractivity contribution in [3.05, 3.63) is 39.8 Å². The molecule has 0 aliphatic heterocycles. The lowest BCUT2D eigenvalue weighted by molar-refractivity contribution is 0.861. The maximum atomic E-state index is 11.8. The summed E-state index contributed by atoms with van der Waals surface area (Å²) in [6.45, 7) is 3.74. The fraction of sp³-hybridized carbons (Fsp3) is 0.273. The van der Waals surface area contributed by atoms with E-state index in [0.29, 0.717) is 11.1 Å². The number of hydrogen-bond acceptors (Lipinski definition) is 2. The molecule has 15 heavy (non-hydrogen) atoms. The van der Waals surface area contributed by atoms with Gasteiger partial charge in [-0.25, -0.2) is 4.98 Å². The minimum Gasteiger partial charge on any atom is -0.295 e. The van der Waals surface area contributed by atoms with Crippen LogP contribution in [-0.4, -0.2) is 9.55 Å². The van der Waals surface area contributed by atoms with Crippen LogP contribution >= 0.6 is 15.9 Å². The Bertz CT molecular complexity index is 575. The number of para-hydroxylation sites is 1. The highest BCUT2D eigenvalue weighted by Crippen LogP contribution is 2.15. The zero-order valence-electron chi connectivity index (χ0n) is 8.62. The van der Waals surface area contributed by atoms with Crippen LogP contribution in [0.5, 0.6) is 0 Å². The molecule has 0 radical (unpaired) electrons. The first-order valence-electron chi connectivity index (χ1n) is 4.68. The average molecular weight is 267 g/mol. The lowest BCUT2D eigenvalue weighted by atomic mass is 10.2. The molecule has 0 N–H and O–H groups in total. The van der Waals surface area contributed by atoms with E-state index in [-0.39, 0.29) is 5.56 Å². The second-order valence-electron chi connectivity index (χ2n) is 3.49. The molecule has 4 heteroatoms. The van der Waals surface area contributed by atoms with Gasteiger partial charge in [-0.3, -0.25) is 9.36 Å². The highest BCUT2D eigenvalue weighted by Gasteiger charge is 2.07. The van der Waals surface area contributed by atoms with Crippen molar-refractivity contribution in [2.45, 2.75) is 19.3 Å². The van der Waals surface area contributed by atoms with Gasteiger partial charge in [0.25, 0.3) is 5.56 Å². The zero-order valence-corrected chi connectivity index (χ0v) is 10.2. The van der Waals surface area contributed by atoms with Crippen LogP contribution in [0, 0.1) is 13.8 Å². The molecule has 78 valence electrons. The van der Waals surface area contributed by atoms with Crippen LogP contribution < -0.4 is 5.56 Å². The minimum atomic E-state index is -0.0371. The molecule has 1 aromatic heterocycles. The molecule has 0 saturated carbocycles. The molecule has 1 heterocycles. The van der Waals surface area contributed by atoms with Crippen molar-refractivity contribution in [3.8, 4) is 0 Å². The van der Waals surface area contributed by atoms with Gasteiger partial charge < -0.3 is 0 Å². The summed E-state index contributed by atoms with van der Waals surface area (Å²) in [5.41, 5.74) is 3.86. The highest BCUT2D eigenvalue weighted by atomic mass is 79.9. The third-order valence-electron chi connectivity index (χ3n) is 2.46. The monoisotopic (exact) mass is 266 g/mol. The summed E-state index contributed by atoms with van der Waals surface area (Å²) >= 11 is 3.32. The number of benzene rings is 1. The molecule has 2 rings (SSSR count). The van der Waals surface area contributed by atoms with Crippen molar-refractivity contribution in [2.75, 3.05) is 0 Å². The van der Waals surface area contributed by atoms with Gasteiger partial charge >= 0.3 is 0 Å². The molecule has 1 aromatic carbocycles. The molecular weight excluding hydrogens is 256 g/mol. The lowest BCUT2D eigenvalue weighted by Gasteiger charge is -2.09. The van der Waals surface area contributed by atoms with Gasteiger partial charge in [-0.15, -0.1) is 0 Å². The Hall–Kier alpha value is -1.16. The molecule has 0 aliphatic rings. The minimum absolute atomic E-state index is 0.0371. The molecule has 0 bridgehead atoms. The third kappa shape index (κ3) is 1.59. The van der Waals surface area contributed by atoms with E-state index in [1.807, 2.05) is 25.1 Å². The van der Waals surface area contributed by atoms with Crippen molar-refractivity contribution in [2.24, 2.45) is 0 Å². The number of halogens is 1. The fourth-order valence-electron chi connectivity index (χ4n) is 1.65. The zero-order chi connectivity index (χ0) is 11.0. The molecular formula is C11H11BrN2O. The topological polar surface area (TPSA) is 34.9 Å². The first kappa shape index (κ1) is 10.4. The first-order chi connectivity index (χ1) is 7.15. The Morgan fingerprint density at radius 1 is 1.40 bits per heavy atom. The number of hydrogen-bond donors (Lipinski definition) is 0. The predicted molar refractivity (Wildman–Crippen MR) is 64.4 cm³/mol. The normalized spacial score (nSPS) is 10.9. The van der Waals surface area contributed by atoms with Gasteiger partial charge in [0.2, 0.25) is 0 Å². The Kier molecular flexibility index (Phi) is 2.61. The Morgan fingerprint density at radius 3 is 2.80 bits per heavy atom. The smallest absolute Gasteiger partial charge is 0.273 e. The molecule has 0 atom stereocenters. The van der Waals surface area contributed by atoms with Crippen molar-refractivity contribution < 1.29 is 0 Å². The van der Waals surface area contributed by atoms with Gasteiger partial charge in [-0.1, -0.05) is 28.1 Å². The van der Waals surface area contributed by atoms with Gasteiger partial charge in [-0.2, -0.15) is 0 Å². The maximum absolute atomic E-state index is 11.8. The summed E-state index contributed by atoms with van der Waals surface area (Å²) in [5.74, 6) is 0. The van der Waals surface area contributed by atoms with Crippen LogP contribution in [0.2, 0.25) is 0 Å². The van der Waals surface area contributed by atoms with E-state index >= 15 is 0 Å². The van der Waals surface area contributed by atoms with Gasteiger partial charge in [0.05, 0.1) is 16.5 Å². The fourth-order valence-corrected chi connectivity index (χ4v) is 2.14. The SMILES string of the molecule is Cc1nc2c(C)cccc2n(CBr)c1=O. The second-order valence-corrected chi connectivity index (χ2v) is 3.99. The van der Waals surface area contributed by atoms with Gasteiger partial charge in [0.15, 0.2) is 0 Å². The summed E-state index contributed by atoms with van der Waals surface area (Å²) in [6.07, 6.45) is 0. The van der Waals surface area contributed by atoms with Crippen LogP contribution in [-0.2, 0) is 5.45 Å². The summed E-state index contributed by atoms with van der Waals surface area (Å²) in [7, 11) is 0. The number of aryl methyl sites for hydroxylation is 2. The van der Waals surface area contributed by atoms with E-state index in [1.165, 1.54) is 0 Å². The van der Waals surface area contributed by atoms with Crippen molar-refractivity contribution >= 4 is 27.0 Å². The molecule has 0 fully saturated rings. The largest absolute Gasteiger partial charge is 0.295 e. The highest BCUT2D eigenvalue weighted by molar-refractivity contribution is 9.08. The Balaban J connectivity index is 3.01. The van der Waals surface area contributed by atoms with Crippen molar-refractivity contribution in [1.29, 1.82) is 0 Å². The molecule has 3 nitrogen and oxygen atoms in total. The Morgan fingerprint density at radius 2 is 2.13 bits per heavy atom.